The number of methoxy groups -OCH3 is 1. The molecule has 1 aliphatic heterocycles. The third-order valence-electron chi connectivity index (χ3n) is 3.86. The number of hydrazine groups is 1. The highest BCUT2D eigenvalue weighted by molar-refractivity contribution is 6.30. The molecule has 3 rings (SSSR count). The first-order valence-corrected chi connectivity index (χ1v) is 7.75. The number of nitrogens with one attached hydrogen (secondary N) is 3. The van der Waals surface area contributed by atoms with Gasteiger partial charge >= 0.3 is 0 Å². The molecule has 1 aliphatic rings. The summed E-state index contributed by atoms with van der Waals surface area (Å²) >= 11 is 5.90. The Kier molecular flexibility index (Phi) is 4.81. The Morgan fingerprint density at radius 2 is 1.91 bits per heavy atom. The van der Waals surface area contributed by atoms with Gasteiger partial charge in [-0.15, -0.1) is 0 Å². The van der Waals surface area contributed by atoms with Crippen LogP contribution < -0.4 is 20.9 Å². The Labute approximate surface area is 140 Å². The molecule has 23 heavy (non-hydrogen) atoms. The van der Waals surface area contributed by atoms with Crippen LogP contribution in [-0.4, -0.2) is 19.1 Å². The molecule has 2 aromatic rings. The molecule has 0 saturated carbocycles. The highest BCUT2D eigenvalue weighted by Gasteiger charge is 2.30. The quantitative estimate of drug-likeness (QED) is 0.806. The maximum atomic E-state index is 12.4. The van der Waals surface area contributed by atoms with Gasteiger partial charge in [-0.25, -0.2) is 10.9 Å². The van der Waals surface area contributed by atoms with E-state index in [1.54, 1.807) is 7.11 Å². The van der Waals surface area contributed by atoms with Crippen LogP contribution in [-0.2, 0) is 4.79 Å². The average molecular weight is 332 g/mol. The van der Waals surface area contributed by atoms with Crippen molar-refractivity contribution >= 4 is 23.2 Å². The summed E-state index contributed by atoms with van der Waals surface area (Å²) in [4.78, 5) is 12.4. The molecular formula is C17H18ClN3O2. The van der Waals surface area contributed by atoms with Gasteiger partial charge in [0.1, 0.15) is 11.8 Å². The van der Waals surface area contributed by atoms with E-state index in [-0.39, 0.29) is 18.0 Å². The van der Waals surface area contributed by atoms with Crippen molar-refractivity contribution in [3.63, 3.8) is 0 Å². The minimum atomic E-state index is -0.319. The van der Waals surface area contributed by atoms with Crippen LogP contribution in [0, 0.1) is 0 Å². The molecule has 120 valence electrons. The van der Waals surface area contributed by atoms with Crippen molar-refractivity contribution in [2.75, 3.05) is 12.4 Å². The molecule has 5 nitrogen and oxygen atoms in total. The molecule has 1 amide bonds. The van der Waals surface area contributed by atoms with Crippen LogP contribution in [0.2, 0.25) is 5.02 Å². The summed E-state index contributed by atoms with van der Waals surface area (Å²) in [6.07, 6.45) is 0.655. The van der Waals surface area contributed by atoms with Crippen molar-refractivity contribution in [3.8, 4) is 5.75 Å². The molecule has 0 aliphatic carbocycles. The monoisotopic (exact) mass is 331 g/mol. The molecule has 3 N–H and O–H groups in total. The van der Waals surface area contributed by atoms with Gasteiger partial charge in [0, 0.05) is 11.1 Å². The van der Waals surface area contributed by atoms with Crippen LogP contribution in [0.1, 0.15) is 18.0 Å². The van der Waals surface area contributed by atoms with Crippen LogP contribution in [0.25, 0.3) is 0 Å². The zero-order chi connectivity index (χ0) is 16.2. The van der Waals surface area contributed by atoms with E-state index in [0.717, 1.165) is 5.56 Å². The second kappa shape index (κ2) is 7.00. The van der Waals surface area contributed by atoms with Crippen LogP contribution >= 0.6 is 11.6 Å². The largest absolute Gasteiger partial charge is 0.495 e. The minimum Gasteiger partial charge on any atom is -0.495 e. The molecule has 1 fully saturated rings. The Hall–Kier alpha value is -2.08. The van der Waals surface area contributed by atoms with Gasteiger partial charge in [0.15, 0.2) is 0 Å². The number of hydrogen-bond acceptors (Lipinski definition) is 4. The average Bonchev–Trinajstić information content (AvgIpc) is 3.06. The van der Waals surface area contributed by atoms with Crippen LogP contribution in [0.5, 0.6) is 5.75 Å². The van der Waals surface area contributed by atoms with Crippen LogP contribution in [0.4, 0.5) is 5.69 Å². The number of benzene rings is 2. The van der Waals surface area contributed by atoms with Crippen molar-refractivity contribution < 1.29 is 9.53 Å². The highest BCUT2D eigenvalue weighted by atomic mass is 35.5. The number of halogens is 1. The predicted octanol–water partition coefficient (Wildman–Crippen LogP) is 2.89. The molecule has 2 unspecified atom stereocenters. The molecule has 1 heterocycles. The topological polar surface area (TPSA) is 62.4 Å². The highest BCUT2D eigenvalue weighted by Crippen LogP contribution is 2.26. The molecule has 2 aromatic carbocycles. The molecular weight excluding hydrogens is 314 g/mol. The van der Waals surface area contributed by atoms with Gasteiger partial charge in [-0.05, 0) is 36.2 Å². The Morgan fingerprint density at radius 3 is 2.65 bits per heavy atom. The van der Waals surface area contributed by atoms with E-state index in [1.807, 2.05) is 48.5 Å². The second-order valence-corrected chi connectivity index (χ2v) is 5.81. The number of carbonyl (C=O) groups excluding carboxylic acids is 1. The lowest BCUT2D eigenvalue weighted by atomic mass is 10.0. The lowest BCUT2D eigenvalue weighted by molar-refractivity contribution is -0.117. The molecule has 0 aromatic heterocycles. The minimum absolute atomic E-state index is 0.0701. The number of ether oxygens (including phenoxy) is 1. The summed E-state index contributed by atoms with van der Waals surface area (Å²) in [7, 11) is 1.58. The fourth-order valence-corrected chi connectivity index (χ4v) is 2.74. The van der Waals surface area contributed by atoms with E-state index in [2.05, 4.69) is 16.2 Å². The van der Waals surface area contributed by atoms with E-state index in [9.17, 15) is 4.79 Å². The van der Waals surface area contributed by atoms with E-state index in [4.69, 9.17) is 16.3 Å². The molecule has 0 bridgehead atoms. The summed E-state index contributed by atoms with van der Waals surface area (Å²) in [5.74, 6) is 0.541. The van der Waals surface area contributed by atoms with Crippen molar-refractivity contribution in [1.82, 2.24) is 10.9 Å². The van der Waals surface area contributed by atoms with Gasteiger partial charge in [-0.1, -0.05) is 35.9 Å². The Morgan fingerprint density at radius 1 is 1.17 bits per heavy atom. The zero-order valence-electron chi connectivity index (χ0n) is 12.7. The number of amides is 1. The predicted molar refractivity (Wildman–Crippen MR) is 90.5 cm³/mol. The van der Waals surface area contributed by atoms with Gasteiger partial charge < -0.3 is 10.1 Å². The molecule has 2 atom stereocenters. The SMILES string of the molecule is COc1ccccc1NC(=O)C1CC(c2ccc(Cl)cc2)NN1. The summed E-state index contributed by atoms with van der Waals surface area (Å²) in [5.41, 5.74) is 7.95. The van der Waals surface area contributed by atoms with E-state index < -0.39 is 0 Å². The summed E-state index contributed by atoms with van der Waals surface area (Å²) < 4.78 is 5.25. The third-order valence-corrected chi connectivity index (χ3v) is 4.11. The van der Waals surface area contributed by atoms with Crippen LogP contribution in [0.15, 0.2) is 48.5 Å². The fraction of sp³-hybridized carbons (Fsp3) is 0.235. The first-order valence-electron chi connectivity index (χ1n) is 7.38. The Balaban J connectivity index is 1.64. The second-order valence-electron chi connectivity index (χ2n) is 5.37. The number of rotatable bonds is 4. The maximum absolute atomic E-state index is 12.4. The van der Waals surface area contributed by atoms with Crippen LogP contribution in [0.3, 0.4) is 0 Å². The molecule has 6 heteroatoms. The summed E-state index contributed by atoms with van der Waals surface area (Å²) in [6, 6.07) is 14.7. The molecule has 0 radical (unpaired) electrons. The van der Waals surface area contributed by atoms with Gasteiger partial charge in [0.2, 0.25) is 5.91 Å². The van der Waals surface area contributed by atoms with Crippen molar-refractivity contribution in [2.24, 2.45) is 0 Å². The maximum Gasteiger partial charge on any atom is 0.243 e. The first-order chi connectivity index (χ1) is 11.2. The third kappa shape index (κ3) is 3.64. The lowest BCUT2D eigenvalue weighted by Gasteiger charge is -2.13. The summed E-state index contributed by atoms with van der Waals surface area (Å²) in [5, 5.41) is 3.60. The Bertz CT molecular complexity index is 690. The first kappa shape index (κ1) is 15.8. The van der Waals surface area contributed by atoms with E-state index >= 15 is 0 Å². The number of hydrogen-bond donors (Lipinski definition) is 3. The van der Waals surface area contributed by atoms with Gasteiger partial charge in [0.05, 0.1) is 12.8 Å². The van der Waals surface area contributed by atoms with E-state index in [1.165, 1.54) is 0 Å². The fourth-order valence-electron chi connectivity index (χ4n) is 2.61. The smallest absolute Gasteiger partial charge is 0.243 e. The zero-order valence-corrected chi connectivity index (χ0v) is 13.4. The number of anilines is 1. The normalized spacial score (nSPS) is 20.3. The van der Waals surface area contributed by atoms with Gasteiger partial charge in [-0.3, -0.25) is 4.79 Å². The van der Waals surface area contributed by atoms with Crippen molar-refractivity contribution in [2.45, 2.75) is 18.5 Å². The standard InChI is InChI=1S/C17H18ClN3O2/c1-23-16-5-3-2-4-13(16)19-17(22)15-10-14(20-21-15)11-6-8-12(18)9-7-11/h2-9,14-15,20-21H,10H2,1H3,(H,19,22). The lowest BCUT2D eigenvalue weighted by Crippen LogP contribution is -2.39. The molecule has 0 spiro atoms. The van der Waals surface area contributed by atoms with Gasteiger partial charge in [0.25, 0.3) is 0 Å². The summed E-state index contributed by atoms with van der Waals surface area (Å²) in [6.45, 7) is 0. The van der Waals surface area contributed by atoms with Crippen molar-refractivity contribution in [1.29, 1.82) is 0 Å². The number of para-hydroxylation sites is 2. The number of carbonyl (C=O) groups is 1. The van der Waals surface area contributed by atoms with Gasteiger partial charge in [-0.2, -0.15) is 0 Å². The van der Waals surface area contributed by atoms with Crippen molar-refractivity contribution in [3.05, 3.63) is 59.1 Å². The molecule has 1 saturated heterocycles. The van der Waals surface area contributed by atoms with E-state index in [0.29, 0.717) is 22.9 Å².